The summed E-state index contributed by atoms with van der Waals surface area (Å²) in [6, 6.07) is 1.27. The van der Waals surface area contributed by atoms with Crippen molar-refractivity contribution in [3.8, 4) is 0 Å². The highest BCUT2D eigenvalue weighted by molar-refractivity contribution is 6.92. The monoisotopic (exact) mass is 483 g/mol. The predicted molar refractivity (Wildman–Crippen MR) is 152 cm³/mol. The molecule has 1 radical (unpaired) electrons. The smallest absolute Gasteiger partial charge is 0.197 e. The normalized spacial score (nSPS) is 16.6. The van der Waals surface area contributed by atoms with Crippen molar-refractivity contribution in [3.05, 3.63) is 12.2 Å². The van der Waals surface area contributed by atoms with Crippen LogP contribution >= 0.6 is 0 Å². The average Bonchev–Trinajstić information content (AvgIpc) is 2.38. The molecule has 0 saturated carbocycles. The van der Waals surface area contributed by atoms with Crippen molar-refractivity contribution >= 4 is 25.4 Å². The van der Waals surface area contributed by atoms with Gasteiger partial charge in [-0.15, -0.1) is 6.58 Å². The molecule has 185 valence electrons. The van der Waals surface area contributed by atoms with Gasteiger partial charge in [-0.05, 0) is 50.8 Å². The summed E-state index contributed by atoms with van der Waals surface area (Å²) in [7, 11) is -5.05. The Morgan fingerprint density at radius 3 is 1.23 bits per heavy atom. The van der Waals surface area contributed by atoms with E-state index in [1.54, 1.807) is 0 Å². The number of allylic oxidation sites excluding steroid dienone is 1. The van der Waals surface area contributed by atoms with E-state index in [0.717, 1.165) is 0 Å². The maximum atomic E-state index is 7.80. The Hall–Kier alpha value is 0.351. The van der Waals surface area contributed by atoms with E-state index in [-0.39, 0.29) is 15.1 Å². The Bertz CT molecular complexity index is 585. The van der Waals surface area contributed by atoms with Crippen LogP contribution in [0, 0.1) is 0 Å². The predicted octanol–water partition coefficient (Wildman–Crippen LogP) is 10.6. The van der Waals surface area contributed by atoms with E-state index in [1.165, 1.54) is 11.6 Å². The maximum absolute atomic E-state index is 7.80. The Morgan fingerprint density at radius 2 is 1.03 bits per heavy atom. The minimum atomic E-state index is -2.37. The van der Waals surface area contributed by atoms with Gasteiger partial charge in [-0.3, -0.25) is 0 Å². The molecule has 0 aromatic carbocycles. The topological polar surface area (TPSA) is 9.23 Å². The fourth-order valence-electron chi connectivity index (χ4n) is 5.71. The first-order valence-electron chi connectivity index (χ1n) is 12.4. The standard InChI is InChI=1S/C27H59OSi3/c1-21(2)22(20-29(23(3,4)5)24(6,7)8)31(26(12,13)14,27(15,16)17)28-30(18,19)25(9,10)11/h22H,1,20H2,2-19H3. The van der Waals surface area contributed by atoms with Gasteiger partial charge in [0.1, 0.15) is 0 Å². The Balaban J connectivity index is 7.15. The SMILES string of the molecule is C=C(C)C(C[Si](C(C)(C)C)C(C)(C)C)[Si](O[Si](C)(C)C(C)(C)C)(C(C)(C)C)C(C)(C)C. The van der Waals surface area contributed by atoms with Crippen LogP contribution in [0.3, 0.4) is 0 Å². The fourth-order valence-corrected chi connectivity index (χ4v) is 24.2. The van der Waals surface area contributed by atoms with Gasteiger partial charge < -0.3 is 4.12 Å². The molecule has 0 aliphatic carbocycles. The molecule has 0 rings (SSSR count). The lowest BCUT2D eigenvalue weighted by Gasteiger charge is -2.61. The van der Waals surface area contributed by atoms with E-state index >= 15 is 0 Å². The third kappa shape index (κ3) is 6.93. The van der Waals surface area contributed by atoms with Crippen molar-refractivity contribution in [2.45, 2.75) is 161 Å². The molecule has 31 heavy (non-hydrogen) atoms. The third-order valence-electron chi connectivity index (χ3n) is 7.76. The first kappa shape index (κ1) is 31.4. The molecule has 1 nitrogen and oxygen atoms in total. The summed E-state index contributed by atoms with van der Waals surface area (Å²) in [4.78, 5) is 0. The van der Waals surface area contributed by atoms with Crippen LogP contribution in [0.1, 0.15) is 111 Å². The van der Waals surface area contributed by atoms with Gasteiger partial charge in [0.15, 0.2) is 16.6 Å². The lowest BCUT2D eigenvalue weighted by Crippen LogP contribution is -2.65. The minimum Gasteiger partial charge on any atom is -0.454 e. The van der Waals surface area contributed by atoms with Gasteiger partial charge in [0, 0.05) is 0 Å². The third-order valence-corrected chi connectivity index (χ3v) is 25.7. The summed E-state index contributed by atoms with van der Waals surface area (Å²) in [5.74, 6) is 0. The van der Waals surface area contributed by atoms with Crippen LogP contribution in [0.5, 0.6) is 0 Å². The second-order valence-corrected chi connectivity index (χ2v) is 30.6. The van der Waals surface area contributed by atoms with Crippen molar-refractivity contribution in [1.29, 1.82) is 0 Å². The lowest BCUT2D eigenvalue weighted by molar-refractivity contribution is 0.382. The van der Waals surface area contributed by atoms with Crippen LogP contribution < -0.4 is 0 Å². The zero-order valence-corrected chi connectivity index (χ0v) is 27.9. The molecule has 0 fully saturated rings. The van der Waals surface area contributed by atoms with Gasteiger partial charge in [0.05, 0.1) is 8.80 Å². The molecule has 0 amide bonds. The summed E-state index contributed by atoms with van der Waals surface area (Å²) in [5.41, 5.74) is 1.82. The van der Waals surface area contributed by atoms with E-state index in [4.69, 9.17) is 4.12 Å². The number of rotatable bonds is 6. The van der Waals surface area contributed by atoms with Crippen LogP contribution in [-0.2, 0) is 4.12 Å². The Labute approximate surface area is 202 Å². The molecular weight excluding hydrogens is 425 g/mol. The highest BCUT2D eigenvalue weighted by Crippen LogP contribution is 2.63. The van der Waals surface area contributed by atoms with Gasteiger partial charge in [0.25, 0.3) is 0 Å². The quantitative estimate of drug-likeness (QED) is 0.269. The molecule has 0 aliphatic heterocycles. The van der Waals surface area contributed by atoms with Gasteiger partial charge in [0.2, 0.25) is 0 Å². The number of hydrogen-bond donors (Lipinski definition) is 0. The van der Waals surface area contributed by atoms with E-state index in [2.05, 4.69) is 130 Å². The van der Waals surface area contributed by atoms with Gasteiger partial charge in [-0.2, -0.15) is 0 Å². The minimum absolute atomic E-state index is 0.118. The molecule has 1 unspecified atom stereocenters. The summed E-state index contributed by atoms with van der Waals surface area (Å²) >= 11 is 0. The molecule has 0 saturated heterocycles. The number of hydrogen-bond acceptors (Lipinski definition) is 1. The molecule has 0 heterocycles. The Kier molecular flexibility index (Phi) is 9.29. The molecule has 4 heteroatoms. The van der Waals surface area contributed by atoms with Gasteiger partial charge in [-0.1, -0.05) is 115 Å². The Morgan fingerprint density at radius 1 is 0.710 bits per heavy atom. The van der Waals surface area contributed by atoms with Crippen LogP contribution in [0.15, 0.2) is 12.2 Å². The van der Waals surface area contributed by atoms with Gasteiger partial charge in [-0.25, -0.2) is 0 Å². The molecular formula is C27H59OSi3. The molecule has 0 aromatic rings. The second-order valence-electron chi connectivity index (χ2n) is 15.7. The van der Waals surface area contributed by atoms with E-state index in [9.17, 15) is 0 Å². The van der Waals surface area contributed by atoms with Crippen LogP contribution in [-0.4, -0.2) is 25.4 Å². The zero-order valence-electron chi connectivity index (χ0n) is 24.9. The van der Waals surface area contributed by atoms with Crippen molar-refractivity contribution < 1.29 is 4.12 Å². The van der Waals surface area contributed by atoms with Crippen LogP contribution in [0.4, 0.5) is 0 Å². The molecule has 0 N–H and O–H groups in total. The largest absolute Gasteiger partial charge is 0.454 e. The van der Waals surface area contributed by atoms with Crippen LogP contribution in [0.2, 0.25) is 49.9 Å². The molecule has 0 aliphatic rings. The van der Waals surface area contributed by atoms with Crippen molar-refractivity contribution in [1.82, 2.24) is 0 Å². The molecule has 1 atom stereocenters. The fraction of sp³-hybridized carbons (Fsp3) is 0.926. The van der Waals surface area contributed by atoms with Crippen LogP contribution in [0.25, 0.3) is 0 Å². The van der Waals surface area contributed by atoms with E-state index in [0.29, 0.717) is 15.6 Å². The zero-order chi connectivity index (χ0) is 25.6. The summed E-state index contributed by atoms with van der Waals surface area (Å²) in [5, 5.41) is 1.11. The first-order chi connectivity index (χ1) is 13.1. The highest BCUT2D eigenvalue weighted by atomic mass is 28.4. The average molecular weight is 484 g/mol. The summed E-state index contributed by atoms with van der Waals surface area (Å²) < 4.78 is 7.80. The maximum Gasteiger partial charge on any atom is 0.197 e. The molecule has 0 aromatic heterocycles. The first-order valence-corrected chi connectivity index (χ1v) is 19.0. The second kappa shape index (κ2) is 9.19. The van der Waals surface area contributed by atoms with E-state index in [1.807, 2.05) is 0 Å². The summed E-state index contributed by atoms with van der Waals surface area (Å²) in [6.07, 6.45) is 0. The van der Waals surface area contributed by atoms with Crippen molar-refractivity contribution in [2.75, 3.05) is 0 Å². The lowest BCUT2D eigenvalue weighted by atomic mass is 10.2. The highest BCUT2D eigenvalue weighted by Gasteiger charge is 2.63. The van der Waals surface area contributed by atoms with Crippen molar-refractivity contribution in [3.63, 3.8) is 0 Å². The summed E-state index contributed by atoms with van der Waals surface area (Å²) in [6.45, 7) is 48.6. The molecule has 0 spiro atoms. The van der Waals surface area contributed by atoms with Crippen molar-refractivity contribution in [2.24, 2.45) is 0 Å². The van der Waals surface area contributed by atoms with E-state index < -0.39 is 25.4 Å². The molecule has 0 bridgehead atoms. The van der Waals surface area contributed by atoms with Gasteiger partial charge >= 0.3 is 0 Å².